The van der Waals surface area contributed by atoms with Gasteiger partial charge >= 0.3 is 0 Å². The smallest absolute Gasteiger partial charge is 0.131 e. The maximum atomic E-state index is 7.55. The Bertz CT molecular complexity index is 563. The molecule has 0 spiro atoms. The quantitative estimate of drug-likeness (QED) is 0.738. The maximum absolute atomic E-state index is 7.55. The Balaban J connectivity index is 2.44. The zero-order valence-corrected chi connectivity index (χ0v) is 11.5. The van der Waals surface area contributed by atoms with E-state index >= 15 is 0 Å². The minimum absolute atomic E-state index is 0.0525. The van der Waals surface area contributed by atoms with Crippen LogP contribution in [-0.2, 0) is 0 Å². The molecular weight excluding hydrogens is 264 g/mol. The van der Waals surface area contributed by atoms with Crippen molar-refractivity contribution < 1.29 is 4.74 Å². The normalized spacial score (nSPS) is 16.8. The number of methoxy groups -OCH3 is 1. The van der Waals surface area contributed by atoms with Crippen LogP contribution in [0, 0.1) is 5.41 Å². The van der Waals surface area contributed by atoms with Crippen molar-refractivity contribution in [1.82, 2.24) is 10.4 Å². The number of nitrogens with zero attached hydrogens (tertiary/aromatic N) is 1. The van der Waals surface area contributed by atoms with Crippen LogP contribution in [-0.4, -0.2) is 24.3 Å². The average molecular weight is 279 g/mol. The molecule has 100 valence electrons. The van der Waals surface area contributed by atoms with Gasteiger partial charge in [0.25, 0.3) is 0 Å². The molecule has 0 bridgehead atoms. The lowest BCUT2D eigenvalue weighted by molar-refractivity contribution is 0.385. The van der Waals surface area contributed by atoms with Gasteiger partial charge < -0.3 is 15.9 Å². The van der Waals surface area contributed by atoms with Crippen molar-refractivity contribution in [3.8, 4) is 5.75 Å². The van der Waals surface area contributed by atoms with Crippen molar-refractivity contribution in [3.63, 3.8) is 0 Å². The predicted molar refractivity (Wildman–Crippen MR) is 76.7 cm³/mol. The molecule has 5 nitrogen and oxygen atoms in total. The number of nitrogens with two attached hydrogens (primary N) is 1. The summed E-state index contributed by atoms with van der Waals surface area (Å²) in [6.07, 6.45) is 1.65. The number of halogens is 1. The van der Waals surface area contributed by atoms with Crippen LogP contribution in [0.25, 0.3) is 5.70 Å². The first-order chi connectivity index (χ1) is 9.04. The summed E-state index contributed by atoms with van der Waals surface area (Å²) in [5, 5.41) is 9.23. The van der Waals surface area contributed by atoms with Crippen LogP contribution in [0.2, 0.25) is 0 Å². The minimum Gasteiger partial charge on any atom is -0.497 e. The van der Waals surface area contributed by atoms with Gasteiger partial charge in [0.1, 0.15) is 10.9 Å². The van der Waals surface area contributed by atoms with Crippen LogP contribution in [0.5, 0.6) is 5.75 Å². The number of hydrogen-bond acceptors (Lipinski definition) is 5. The number of benzene rings is 1. The van der Waals surface area contributed by atoms with E-state index in [1.807, 2.05) is 31.3 Å². The molecule has 0 aromatic heterocycles. The zero-order valence-electron chi connectivity index (χ0n) is 10.7. The van der Waals surface area contributed by atoms with Crippen molar-refractivity contribution in [2.45, 2.75) is 0 Å². The Labute approximate surface area is 116 Å². The van der Waals surface area contributed by atoms with Crippen LogP contribution in [0.4, 0.5) is 0 Å². The Morgan fingerprint density at radius 2 is 2.00 bits per heavy atom. The molecule has 0 saturated heterocycles. The monoisotopic (exact) mass is 278 g/mol. The van der Waals surface area contributed by atoms with Crippen LogP contribution in [0.1, 0.15) is 5.56 Å². The van der Waals surface area contributed by atoms with E-state index in [2.05, 4.69) is 5.43 Å². The number of hydrazine groups is 1. The number of allylic oxidation sites excluding steroid dienone is 1. The Morgan fingerprint density at radius 1 is 1.37 bits per heavy atom. The van der Waals surface area contributed by atoms with E-state index in [1.165, 1.54) is 0 Å². The lowest BCUT2D eigenvalue weighted by Gasteiger charge is -2.18. The first-order valence-corrected chi connectivity index (χ1v) is 6.01. The lowest BCUT2D eigenvalue weighted by atomic mass is 10.1. The Morgan fingerprint density at radius 3 is 2.53 bits per heavy atom. The second-order valence-electron chi connectivity index (χ2n) is 4.05. The van der Waals surface area contributed by atoms with Crippen molar-refractivity contribution in [2.75, 3.05) is 14.2 Å². The molecule has 0 saturated carbocycles. The summed E-state index contributed by atoms with van der Waals surface area (Å²) in [4.78, 5) is 0. The topological polar surface area (TPSA) is 74.4 Å². The predicted octanol–water partition coefficient (Wildman–Crippen LogP) is 1.87. The van der Waals surface area contributed by atoms with E-state index in [9.17, 15) is 0 Å². The summed E-state index contributed by atoms with van der Waals surface area (Å²) in [5.74, 6) is 0.764. The molecule has 6 heteroatoms. The van der Waals surface area contributed by atoms with E-state index in [0.717, 1.165) is 11.3 Å². The third-order valence-corrected chi connectivity index (χ3v) is 3.09. The molecule has 1 heterocycles. The van der Waals surface area contributed by atoms with E-state index in [4.69, 9.17) is 27.5 Å². The van der Waals surface area contributed by atoms with Crippen LogP contribution in [0.3, 0.4) is 0 Å². The third-order valence-electron chi connectivity index (χ3n) is 2.89. The average Bonchev–Trinajstić information content (AvgIpc) is 2.80. The second-order valence-corrected chi connectivity index (χ2v) is 4.43. The van der Waals surface area contributed by atoms with Crippen molar-refractivity contribution in [1.29, 1.82) is 5.41 Å². The summed E-state index contributed by atoms with van der Waals surface area (Å²) >= 11 is 5.76. The molecule has 1 aromatic rings. The molecule has 0 aliphatic carbocycles. The fourth-order valence-corrected chi connectivity index (χ4v) is 2.02. The molecule has 0 fully saturated rings. The molecule has 0 radical (unpaired) electrons. The summed E-state index contributed by atoms with van der Waals surface area (Å²) < 4.78 is 5.11. The SMILES string of the molecule is COc1ccc(/C(N)=C2/C(C(=N)Cl)=CNN2C)cc1. The number of nitrogens with one attached hydrogen (secondary N) is 2. The molecule has 1 aromatic carbocycles. The summed E-state index contributed by atoms with van der Waals surface area (Å²) in [6, 6.07) is 7.40. The van der Waals surface area contributed by atoms with Crippen LogP contribution < -0.4 is 15.9 Å². The summed E-state index contributed by atoms with van der Waals surface area (Å²) in [7, 11) is 3.43. The first kappa shape index (κ1) is 13.3. The van der Waals surface area contributed by atoms with E-state index in [0.29, 0.717) is 17.0 Å². The van der Waals surface area contributed by atoms with Gasteiger partial charge in [0, 0.05) is 13.2 Å². The molecular formula is C13H15ClN4O. The number of ether oxygens (including phenoxy) is 1. The number of rotatable bonds is 3. The van der Waals surface area contributed by atoms with Gasteiger partial charge in [-0.25, -0.2) is 0 Å². The molecule has 19 heavy (non-hydrogen) atoms. The first-order valence-electron chi connectivity index (χ1n) is 5.63. The Hall–Kier alpha value is -2.14. The van der Waals surface area contributed by atoms with E-state index in [1.54, 1.807) is 18.3 Å². The van der Waals surface area contributed by atoms with Gasteiger partial charge in [0.2, 0.25) is 0 Å². The largest absolute Gasteiger partial charge is 0.497 e. The second kappa shape index (κ2) is 5.24. The van der Waals surface area contributed by atoms with E-state index in [-0.39, 0.29) is 5.17 Å². The van der Waals surface area contributed by atoms with E-state index < -0.39 is 0 Å². The third kappa shape index (κ3) is 2.51. The minimum atomic E-state index is -0.0525. The molecule has 2 rings (SSSR count). The van der Waals surface area contributed by atoms with Gasteiger partial charge in [-0.3, -0.25) is 10.4 Å². The highest BCUT2D eigenvalue weighted by Crippen LogP contribution is 2.27. The zero-order chi connectivity index (χ0) is 14.0. The Kier molecular flexibility index (Phi) is 3.66. The molecule has 1 aliphatic heterocycles. The highest BCUT2D eigenvalue weighted by atomic mass is 35.5. The number of hydrogen-bond donors (Lipinski definition) is 3. The van der Waals surface area contributed by atoms with Gasteiger partial charge in [0.05, 0.1) is 24.1 Å². The van der Waals surface area contributed by atoms with Gasteiger partial charge in [-0.15, -0.1) is 0 Å². The molecule has 0 unspecified atom stereocenters. The number of likely N-dealkylation sites (N-methyl/N-ethyl adjacent to an activating group) is 1. The summed E-state index contributed by atoms with van der Waals surface area (Å²) in [5.41, 5.74) is 11.8. The lowest BCUT2D eigenvalue weighted by Crippen LogP contribution is -2.26. The maximum Gasteiger partial charge on any atom is 0.131 e. The highest BCUT2D eigenvalue weighted by Gasteiger charge is 2.23. The fraction of sp³-hybridized carbons (Fsp3) is 0.154. The van der Waals surface area contributed by atoms with Gasteiger partial charge in [-0.1, -0.05) is 11.6 Å². The van der Waals surface area contributed by atoms with Crippen molar-refractivity contribution in [2.24, 2.45) is 5.73 Å². The highest BCUT2D eigenvalue weighted by molar-refractivity contribution is 6.69. The molecule has 4 N–H and O–H groups in total. The molecule has 0 amide bonds. The van der Waals surface area contributed by atoms with Gasteiger partial charge in [-0.05, 0) is 29.8 Å². The van der Waals surface area contributed by atoms with Crippen molar-refractivity contribution in [3.05, 3.63) is 47.3 Å². The summed E-state index contributed by atoms with van der Waals surface area (Å²) in [6.45, 7) is 0. The fourth-order valence-electron chi connectivity index (χ4n) is 1.88. The van der Waals surface area contributed by atoms with Gasteiger partial charge in [-0.2, -0.15) is 0 Å². The molecule has 0 atom stereocenters. The van der Waals surface area contributed by atoms with Crippen LogP contribution >= 0.6 is 11.6 Å². The van der Waals surface area contributed by atoms with Crippen LogP contribution in [0.15, 0.2) is 41.7 Å². The van der Waals surface area contributed by atoms with Crippen molar-refractivity contribution >= 4 is 22.5 Å². The van der Waals surface area contributed by atoms with Gasteiger partial charge in [0.15, 0.2) is 0 Å². The standard InChI is InChI=1S/C13H15ClN4O/c1-18-12(10(7-17-18)13(14)16)11(15)8-3-5-9(19-2)6-4-8/h3-7,16-17H,15H2,1-2H3/b12-11+,16-13?. The molecule has 1 aliphatic rings.